The topological polar surface area (TPSA) is 59.0 Å². The SMILES string of the molecule is N#Cc1cccc(OCCC(F)(F)F)c1N. The lowest BCUT2D eigenvalue weighted by Gasteiger charge is -2.10. The summed E-state index contributed by atoms with van der Waals surface area (Å²) >= 11 is 0. The lowest BCUT2D eigenvalue weighted by Crippen LogP contribution is -2.13. The number of nitrogens with zero attached hydrogens (tertiary/aromatic N) is 1. The molecule has 2 N–H and O–H groups in total. The molecule has 0 heterocycles. The van der Waals surface area contributed by atoms with Crippen molar-refractivity contribution >= 4 is 5.69 Å². The van der Waals surface area contributed by atoms with Gasteiger partial charge in [0.05, 0.1) is 24.3 Å². The molecule has 0 aliphatic carbocycles. The molecule has 16 heavy (non-hydrogen) atoms. The third-order valence-corrected chi connectivity index (χ3v) is 1.83. The molecule has 0 aromatic heterocycles. The Kier molecular flexibility index (Phi) is 3.61. The van der Waals surface area contributed by atoms with Crippen LogP contribution in [0.25, 0.3) is 0 Å². The van der Waals surface area contributed by atoms with Crippen LogP contribution in [0.1, 0.15) is 12.0 Å². The summed E-state index contributed by atoms with van der Waals surface area (Å²) in [6.07, 6.45) is -5.31. The zero-order valence-electron chi connectivity index (χ0n) is 8.21. The molecule has 1 rings (SSSR count). The van der Waals surface area contributed by atoms with Crippen LogP contribution >= 0.6 is 0 Å². The van der Waals surface area contributed by atoms with Crippen LogP contribution in [0.4, 0.5) is 18.9 Å². The van der Waals surface area contributed by atoms with Gasteiger partial charge in [-0.1, -0.05) is 6.07 Å². The molecule has 0 radical (unpaired) electrons. The minimum atomic E-state index is -4.26. The van der Waals surface area contributed by atoms with E-state index in [1.165, 1.54) is 18.2 Å². The van der Waals surface area contributed by atoms with Crippen molar-refractivity contribution in [2.24, 2.45) is 0 Å². The van der Waals surface area contributed by atoms with E-state index >= 15 is 0 Å². The number of ether oxygens (including phenoxy) is 1. The molecular formula is C10H9F3N2O. The number of hydrogen-bond donors (Lipinski definition) is 1. The standard InChI is InChI=1S/C10H9F3N2O/c11-10(12,13)4-5-16-8-3-1-2-7(6-14)9(8)15/h1-3H,4-5,15H2. The zero-order valence-corrected chi connectivity index (χ0v) is 8.21. The van der Waals surface area contributed by atoms with Crippen LogP contribution in [0.3, 0.4) is 0 Å². The predicted octanol–water partition coefficient (Wildman–Crippen LogP) is 2.47. The van der Waals surface area contributed by atoms with Crippen LogP contribution in [-0.2, 0) is 0 Å². The van der Waals surface area contributed by atoms with E-state index in [0.29, 0.717) is 0 Å². The van der Waals surface area contributed by atoms with E-state index in [-0.39, 0.29) is 17.0 Å². The molecule has 1 aromatic carbocycles. The highest BCUT2D eigenvalue weighted by molar-refractivity contribution is 5.62. The minimum absolute atomic E-state index is 0.0622. The molecule has 3 nitrogen and oxygen atoms in total. The number of alkyl halides is 3. The van der Waals surface area contributed by atoms with Gasteiger partial charge in [0, 0.05) is 0 Å². The van der Waals surface area contributed by atoms with Crippen molar-refractivity contribution in [1.29, 1.82) is 5.26 Å². The summed E-state index contributed by atoms with van der Waals surface area (Å²) < 4.78 is 40.4. The first-order valence-electron chi connectivity index (χ1n) is 4.42. The van der Waals surface area contributed by atoms with E-state index in [1.807, 2.05) is 6.07 Å². The molecule has 0 aliphatic rings. The fourth-order valence-electron chi connectivity index (χ4n) is 1.04. The van der Waals surface area contributed by atoms with Crippen LogP contribution < -0.4 is 10.5 Å². The number of benzene rings is 1. The van der Waals surface area contributed by atoms with Gasteiger partial charge in [-0.15, -0.1) is 0 Å². The number of rotatable bonds is 3. The number of nitrogens with two attached hydrogens (primary N) is 1. The highest BCUT2D eigenvalue weighted by Crippen LogP contribution is 2.26. The van der Waals surface area contributed by atoms with E-state index in [2.05, 4.69) is 0 Å². The lowest BCUT2D eigenvalue weighted by atomic mass is 10.2. The van der Waals surface area contributed by atoms with Gasteiger partial charge in [0.15, 0.2) is 0 Å². The Hall–Kier alpha value is -1.90. The molecule has 0 fully saturated rings. The molecule has 0 saturated carbocycles. The second-order valence-electron chi connectivity index (χ2n) is 3.04. The summed E-state index contributed by atoms with van der Waals surface area (Å²) in [6.45, 7) is -0.511. The third-order valence-electron chi connectivity index (χ3n) is 1.83. The maximum Gasteiger partial charge on any atom is 0.392 e. The number of para-hydroxylation sites is 1. The Morgan fingerprint density at radius 1 is 1.38 bits per heavy atom. The first kappa shape index (κ1) is 12.2. The Morgan fingerprint density at radius 2 is 2.06 bits per heavy atom. The minimum Gasteiger partial charge on any atom is -0.491 e. The number of nitriles is 1. The predicted molar refractivity (Wildman–Crippen MR) is 51.7 cm³/mol. The summed E-state index contributed by atoms with van der Waals surface area (Å²) in [7, 11) is 0. The summed E-state index contributed by atoms with van der Waals surface area (Å²) in [5.41, 5.74) is 5.76. The molecule has 0 spiro atoms. The fourth-order valence-corrected chi connectivity index (χ4v) is 1.04. The molecule has 6 heteroatoms. The zero-order chi connectivity index (χ0) is 12.2. The van der Waals surface area contributed by atoms with Crippen molar-refractivity contribution in [2.45, 2.75) is 12.6 Å². The lowest BCUT2D eigenvalue weighted by molar-refractivity contribution is -0.139. The normalized spacial score (nSPS) is 10.9. The fraction of sp³-hybridized carbons (Fsp3) is 0.300. The molecule has 0 unspecified atom stereocenters. The van der Waals surface area contributed by atoms with Gasteiger partial charge in [-0.25, -0.2) is 0 Å². The van der Waals surface area contributed by atoms with E-state index < -0.39 is 19.2 Å². The maximum absolute atomic E-state index is 11.8. The summed E-state index contributed by atoms with van der Waals surface area (Å²) in [5, 5.41) is 8.63. The van der Waals surface area contributed by atoms with Crippen LogP contribution in [0.15, 0.2) is 18.2 Å². The Labute approximate surface area is 90.2 Å². The Morgan fingerprint density at radius 3 is 2.62 bits per heavy atom. The van der Waals surface area contributed by atoms with Crippen molar-refractivity contribution in [1.82, 2.24) is 0 Å². The van der Waals surface area contributed by atoms with Crippen LogP contribution in [0.5, 0.6) is 5.75 Å². The Bertz CT molecular complexity index is 410. The van der Waals surface area contributed by atoms with Crippen molar-refractivity contribution in [3.05, 3.63) is 23.8 Å². The van der Waals surface area contributed by atoms with Crippen molar-refractivity contribution in [2.75, 3.05) is 12.3 Å². The second-order valence-corrected chi connectivity index (χ2v) is 3.04. The second kappa shape index (κ2) is 4.75. The van der Waals surface area contributed by atoms with Gasteiger partial charge >= 0.3 is 6.18 Å². The molecule has 1 aromatic rings. The molecule has 0 amide bonds. The van der Waals surface area contributed by atoms with Crippen LogP contribution in [0.2, 0.25) is 0 Å². The average Bonchev–Trinajstić information content (AvgIpc) is 2.19. The molecule has 0 atom stereocenters. The van der Waals surface area contributed by atoms with Gasteiger partial charge < -0.3 is 10.5 Å². The number of nitrogen functional groups attached to an aromatic ring is 1. The van der Waals surface area contributed by atoms with Gasteiger partial charge in [-0.3, -0.25) is 0 Å². The highest BCUT2D eigenvalue weighted by Gasteiger charge is 2.27. The first-order valence-corrected chi connectivity index (χ1v) is 4.42. The van der Waals surface area contributed by atoms with E-state index in [0.717, 1.165) is 0 Å². The van der Waals surface area contributed by atoms with E-state index in [1.54, 1.807) is 0 Å². The van der Waals surface area contributed by atoms with Crippen LogP contribution in [0, 0.1) is 11.3 Å². The van der Waals surface area contributed by atoms with Gasteiger partial charge in [0.2, 0.25) is 0 Å². The quantitative estimate of drug-likeness (QED) is 0.811. The number of hydrogen-bond acceptors (Lipinski definition) is 3. The number of halogens is 3. The monoisotopic (exact) mass is 230 g/mol. The average molecular weight is 230 g/mol. The molecule has 86 valence electrons. The first-order chi connectivity index (χ1) is 7.44. The molecule has 0 saturated heterocycles. The third kappa shape index (κ3) is 3.35. The van der Waals surface area contributed by atoms with Gasteiger partial charge in [-0.05, 0) is 12.1 Å². The summed E-state index contributed by atoms with van der Waals surface area (Å²) in [6, 6.07) is 6.20. The van der Waals surface area contributed by atoms with Crippen molar-refractivity contribution < 1.29 is 17.9 Å². The van der Waals surface area contributed by atoms with E-state index in [9.17, 15) is 13.2 Å². The summed E-state index contributed by atoms with van der Waals surface area (Å²) in [4.78, 5) is 0. The van der Waals surface area contributed by atoms with Gasteiger partial charge in [0.25, 0.3) is 0 Å². The van der Waals surface area contributed by atoms with Crippen molar-refractivity contribution in [3.63, 3.8) is 0 Å². The molecular weight excluding hydrogens is 221 g/mol. The van der Waals surface area contributed by atoms with Crippen LogP contribution in [-0.4, -0.2) is 12.8 Å². The highest BCUT2D eigenvalue weighted by atomic mass is 19.4. The molecule has 0 bridgehead atoms. The van der Waals surface area contributed by atoms with E-state index in [4.69, 9.17) is 15.7 Å². The Balaban J connectivity index is 2.65. The van der Waals surface area contributed by atoms with Gasteiger partial charge in [-0.2, -0.15) is 18.4 Å². The number of anilines is 1. The largest absolute Gasteiger partial charge is 0.491 e. The maximum atomic E-state index is 11.8. The van der Waals surface area contributed by atoms with Crippen molar-refractivity contribution in [3.8, 4) is 11.8 Å². The molecule has 0 aliphatic heterocycles. The smallest absolute Gasteiger partial charge is 0.392 e. The van der Waals surface area contributed by atoms with Gasteiger partial charge in [0.1, 0.15) is 11.8 Å². The summed E-state index contributed by atoms with van der Waals surface area (Å²) in [5.74, 6) is 0.100.